The summed E-state index contributed by atoms with van der Waals surface area (Å²) in [5, 5.41) is 15.5. The molecule has 0 radical (unpaired) electrons. The van der Waals surface area contributed by atoms with Crippen molar-refractivity contribution < 1.29 is 14.3 Å². The van der Waals surface area contributed by atoms with Crippen LogP contribution in [0.3, 0.4) is 0 Å². The minimum absolute atomic E-state index is 0.137. The number of benzene rings is 1. The van der Waals surface area contributed by atoms with Crippen LogP contribution in [0.1, 0.15) is 24.3 Å². The zero-order chi connectivity index (χ0) is 18.1. The van der Waals surface area contributed by atoms with Gasteiger partial charge >= 0.3 is 0 Å². The van der Waals surface area contributed by atoms with E-state index in [-0.39, 0.29) is 29.9 Å². The van der Waals surface area contributed by atoms with E-state index in [2.05, 4.69) is 16.7 Å². The second-order valence-corrected chi connectivity index (χ2v) is 6.54. The molecule has 1 aromatic carbocycles. The van der Waals surface area contributed by atoms with Gasteiger partial charge in [-0.15, -0.1) is 0 Å². The maximum absolute atomic E-state index is 12.0. The molecule has 0 bridgehead atoms. The van der Waals surface area contributed by atoms with E-state index in [0.717, 1.165) is 12.0 Å². The molecule has 132 valence electrons. The number of amides is 2. The highest BCUT2D eigenvalue weighted by atomic mass is 32.2. The first-order valence-corrected chi connectivity index (χ1v) is 9.01. The highest BCUT2D eigenvalue weighted by molar-refractivity contribution is 8.03. The van der Waals surface area contributed by atoms with Crippen LogP contribution in [0.25, 0.3) is 0 Å². The molecule has 1 atom stereocenters. The Morgan fingerprint density at radius 3 is 2.88 bits per heavy atom. The van der Waals surface area contributed by atoms with Crippen molar-refractivity contribution in [2.75, 3.05) is 26.0 Å². The third-order valence-corrected chi connectivity index (χ3v) is 4.77. The van der Waals surface area contributed by atoms with Gasteiger partial charge in [0.1, 0.15) is 0 Å². The zero-order valence-electron chi connectivity index (χ0n) is 14.1. The summed E-state index contributed by atoms with van der Waals surface area (Å²) in [5.41, 5.74) is 1.43. The zero-order valence-corrected chi connectivity index (χ0v) is 14.9. The van der Waals surface area contributed by atoms with Crippen molar-refractivity contribution in [1.29, 1.82) is 5.26 Å². The van der Waals surface area contributed by atoms with Crippen molar-refractivity contribution in [3.8, 4) is 6.07 Å². The Kier molecular flexibility index (Phi) is 7.51. The second kappa shape index (κ2) is 9.87. The van der Waals surface area contributed by atoms with Crippen LogP contribution in [-0.4, -0.2) is 37.8 Å². The first kappa shape index (κ1) is 19.0. The van der Waals surface area contributed by atoms with E-state index in [4.69, 9.17) is 4.74 Å². The minimum Gasteiger partial charge on any atom is -0.385 e. The number of hydrogen-bond acceptors (Lipinski definition) is 5. The Balaban J connectivity index is 2.03. The highest BCUT2D eigenvalue weighted by Crippen LogP contribution is 2.35. The molecule has 2 rings (SSSR count). The van der Waals surface area contributed by atoms with Gasteiger partial charge in [0, 0.05) is 32.6 Å². The van der Waals surface area contributed by atoms with E-state index >= 15 is 0 Å². The van der Waals surface area contributed by atoms with Crippen LogP contribution in [0, 0.1) is 11.3 Å². The van der Waals surface area contributed by atoms with Crippen molar-refractivity contribution in [2.45, 2.75) is 18.8 Å². The molecule has 25 heavy (non-hydrogen) atoms. The van der Waals surface area contributed by atoms with Crippen LogP contribution in [0.4, 0.5) is 0 Å². The van der Waals surface area contributed by atoms with E-state index in [0.29, 0.717) is 23.8 Å². The van der Waals surface area contributed by atoms with E-state index < -0.39 is 0 Å². The van der Waals surface area contributed by atoms with Gasteiger partial charge in [-0.25, -0.2) is 0 Å². The lowest BCUT2D eigenvalue weighted by molar-refractivity contribution is -0.121. The quantitative estimate of drug-likeness (QED) is 0.692. The van der Waals surface area contributed by atoms with Crippen molar-refractivity contribution in [3.63, 3.8) is 0 Å². The molecule has 1 aliphatic rings. The van der Waals surface area contributed by atoms with Crippen molar-refractivity contribution in [2.24, 2.45) is 0 Å². The van der Waals surface area contributed by atoms with Gasteiger partial charge < -0.3 is 15.4 Å². The molecule has 7 heteroatoms. The van der Waals surface area contributed by atoms with Crippen LogP contribution in [0.5, 0.6) is 0 Å². The van der Waals surface area contributed by atoms with Gasteiger partial charge in [-0.05, 0) is 12.0 Å². The summed E-state index contributed by atoms with van der Waals surface area (Å²) in [6.45, 7) is 1.13. The number of allylic oxidation sites excluding steroid dienone is 1. The van der Waals surface area contributed by atoms with Gasteiger partial charge in [0.05, 0.1) is 22.4 Å². The Hall–Kier alpha value is -2.30. The molecule has 1 aromatic rings. The molecular formula is C18H21N3O3S. The number of thioether (sulfide) groups is 1. The molecule has 2 N–H and O–H groups in total. The smallest absolute Gasteiger partial charge is 0.230 e. The molecule has 0 saturated heterocycles. The van der Waals surface area contributed by atoms with E-state index in [9.17, 15) is 14.9 Å². The SMILES string of the molecule is COCCCNC(=O)CSC1=C(C#N)[C@H](c2ccccc2)CC(=O)N1. The lowest BCUT2D eigenvalue weighted by Crippen LogP contribution is -2.32. The third kappa shape index (κ3) is 5.62. The van der Waals surface area contributed by atoms with Crippen molar-refractivity contribution in [1.82, 2.24) is 10.6 Å². The molecule has 1 heterocycles. The second-order valence-electron chi connectivity index (χ2n) is 5.56. The number of nitriles is 1. The van der Waals surface area contributed by atoms with Gasteiger partial charge in [-0.2, -0.15) is 5.26 Å². The number of carbonyl (C=O) groups is 2. The lowest BCUT2D eigenvalue weighted by Gasteiger charge is -2.25. The van der Waals surface area contributed by atoms with Gasteiger partial charge in [-0.3, -0.25) is 9.59 Å². The lowest BCUT2D eigenvalue weighted by atomic mass is 9.87. The Labute approximate surface area is 151 Å². The normalized spacial score (nSPS) is 17.0. The van der Waals surface area contributed by atoms with Crippen molar-refractivity contribution in [3.05, 3.63) is 46.5 Å². The first-order valence-electron chi connectivity index (χ1n) is 8.03. The predicted octanol–water partition coefficient (Wildman–Crippen LogP) is 1.91. The molecule has 1 aliphatic heterocycles. The number of nitrogens with zero attached hydrogens (tertiary/aromatic N) is 1. The standard InChI is InChI=1S/C18H21N3O3S/c1-24-9-5-8-20-17(23)12-25-18-15(11-19)14(10-16(22)21-18)13-6-3-2-4-7-13/h2-4,6-7,14H,5,8-10,12H2,1H3,(H,20,23)(H,21,22)/t14-/m0/s1. The van der Waals surface area contributed by atoms with Crippen LogP contribution < -0.4 is 10.6 Å². The fraction of sp³-hybridized carbons (Fsp3) is 0.389. The summed E-state index contributed by atoms with van der Waals surface area (Å²) in [6.07, 6.45) is 0.978. The summed E-state index contributed by atoms with van der Waals surface area (Å²) in [6, 6.07) is 11.7. The minimum atomic E-state index is -0.271. The Morgan fingerprint density at radius 1 is 1.44 bits per heavy atom. The third-order valence-electron chi connectivity index (χ3n) is 3.75. The Morgan fingerprint density at radius 2 is 2.20 bits per heavy atom. The topological polar surface area (TPSA) is 91.2 Å². The predicted molar refractivity (Wildman–Crippen MR) is 96.5 cm³/mol. The van der Waals surface area contributed by atoms with Gasteiger partial charge in [0.15, 0.2) is 0 Å². The summed E-state index contributed by atoms with van der Waals surface area (Å²) in [5.74, 6) is -0.403. The van der Waals surface area contributed by atoms with Crippen LogP contribution in [0.2, 0.25) is 0 Å². The molecule has 0 unspecified atom stereocenters. The molecule has 6 nitrogen and oxygen atoms in total. The van der Waals surface area contributed by atoms with Gasteiger partial charge in [-0.1, -0.05) is 42.1 Å². The van der Waals surface area contributed by atoms with Crippen molar-refractivity contribution >= 4 is 23.6 Å². The molecule has 0 fully saturated rings. The number of hydrogen-bond donors (Lipinski definition) is 2. The van der Waals surface area contributed by atoms with Gasteiger partial charge in [0.25, 0.3) is 0 Å². The number of methoxy groups -OCH3 is 1. The summed E-state index contributed by atoms with van der Waals surface area (Å²) in [4.78, 5) is 23.9. The van der Waals surface area contributed by atoms with E-state index in [1.165, 1.54) is 11.8 Å². The molecule has 2 amide bonds. The molecule has 0 aliphatic carbocycles. The molecule has 0 saturated carbocycles. The Bertz CT molecular complexity index is 683. The first-order chi connectivity index (χ1) is 12.2. The monoisotopic (exact) mass is 359 g/mol. The molecule has 0 aromatic heterocycles. The number of rotatable bonds is 8. The molecular weight excluding hydrogens is 338 g/mol. The average molecular weight is 359 g/mol. The number of carbonyl (C=O) groups excluding carboxylic acids is 2. The van der Waals surface area contributed by atoms with Gasteiger partial charge in [0.2, 0.25) is 11.8 Å². The summed E-state index contributed by atoms with van der Waals surface area (Å²) < 4.78 is 4.93. The van der Waals surface area contributed by atoms with E-state index in [1.807, 2.05) is 30.3 Å². The molecule has 0 spiro atoms. The fourth-order valence-corrected chi connectivity index (χ4v) is 3.44. The number of nitrogens with one attached hydrogen (secondary N) is 2. The average Bonchev–Trinajstić information content (AvgIpc) is 2.63. The highest BCUT2D eigenvalue weighted by Gasteiger charge is 2.29. The summed E-state index contributed by atoms with van der Waals surface area (Å²) >= 11 is 1.19. The van der Waals surface area contributed by atoms with Crippen LogP contribution in [0.15, 0.2) is 40.9 Å². The number of ether oxygens (including phenoxy) is 1. The van der Waals surface area contributed by atoms with Crippen LogP contribution in [-0.2, 0) is 14.3 Å². The largest absolute Gasteiger partial charge is 0.385 e. The summed E-state index contributed by atoms with van der Waals surface area (Å²) in [7, 11) is 1.61. The maximum Gasteiger partial charge on any atom is 0.230 e. The maximum atomic E-state index is 12.0. The van der Waals surface area contributed by atoms with E-state index in [1.54, 1.807) is 7.11 Å². The van der Waals surface area contributed by atoms with Crippen LogP contribution >= 0.6 is 11.8 Å². The fourth-order valence-electron chi connectivity index (χ4n) is 2.54.